The molecule has 26 heavy (non-hydrogen) atoms. The van der Waals surface area contributed by atoms with E-state index < -0.39 is 14.8 Å². The first-order valence-corrected chi connectivity index (χ1v) is 10.8. The molecule has 1 heterocycles. The molecule has 0 radical (unpaired) electrons. The van der Waals surface area contributed by atoms with Crippen LogP contribution in [0.3, 0.4) is 0 Å². The lowest BCUT2D eigenvalue weighted by Gasteiger charge is -2.31. The lowest BCUT2D eigenvalue weighted by molar-refractivity contribution is 0.366. The fourth-order valence-corrected chi connectivity index (χ4v) is 4.61. The van der Waals surface area contributed by atoms with Crippen molar-refractivity contribution in [2.24, 2.45) is 0 Å². The number of H-pyrrole nitrogens is 1. The van der Waals surface area contributed by atoms with Gasteiger partial charge in [0.2, 0.25) is 10.0 Å². The van der Waals surface area contributed by atoms with E-state index in [4.69, 9.17) is 0 Å². The molecule has 0 bridgehead atoms. The molecule has 1 saturated carbocycles. The first-order valence-electron chi connectivity index (χ1n) is 9.31. The normalized spacial score (nSPS) is 21.7. The van der Waals surface area contributed by atoms with Gasteiger partial charge in [0.25, 0.3) is 0 Å². The summed E-state index contributed by atoms with van der Waals surface area (Å²) in [7, 11) is -3.29. The molecule has 1 aromatic carbocycles. The molecule has 142 valence electrons. The molecule has 2 aromatic rings. The minimum Gasteiger partial charge on any atom is -0.281 e. The van der Waals surface area contributed by atoms with Gasteiger partial charge in [-0.1, -0.05) is 30.3 Å². The number of hydrogen-bond donors (Lipinski definition) is 2. The molecule has 1 aliphatic rings. The zero-order chi connectivity index (χ0) is 18.9. The summed E-state index contributed by atoms with van der Waals surface area (Å²) in [5.41, 5.74) is 4.53. The Hall–Kier alpha value is -1.66. The molecule has 0 unspecified atom stereocenters. The second-order valence-corrected chi connectivity index (χ2v) is 10.7. The summed E-state index contributed by atoms with van der Waals surface area (Å²) in [5, 5.41) is 7.78. The molecule has 1 fully saturated rings. The van der Waals surface area contributed by atoms with E-state index >= 15 is 0 Å². The SMILES string of the molecule is Cc1c(-c2ccccc2)n[nH]c1C1CCC(NS(=O)(=O)C(C)(C)C)CC1. The van der Waals surface area contributed by atoms with Gasteiger partial charge in [-0.3, -0.25) is 5.10 Å². The van der Waals surface area contributed by atoms with Crippen molar-refractivity contribution >= 4 is 10.0 Å². The van der Waals surface area contributed by atoms with Crippen LogP contribution in [-0.2, 0) is 10.0 Å². The van der Waals surface area contributed by atoms with E-state index in [0.717, 1.165) is 36.9 Å². The third-order valence-corrected chi connectivity index (χ3v) is 7.61. The van der Waals surface area contributed by atoms with E-state index in [1.165, 1.54) is 11.3 Å². The maximum absolute atomic E-state index is 12.4. The first-order chi connectivity index (χ1) is 12.2. The van der Waals surface area contributed by atoms with Gasteiger partial charge in [-0.2, -0.15) is 5.10 Å². The van der Waals surface area contributed by atoms with Crippen molar-refractivity contribution in [1.82, 2.24) is 14.9 Å². The maximum Gasteiger partial charge on any atom is 0.216 e. The molecule has 0 saturated heterocycles. The van der Waals surface area contributed by atoms with E-state index in [1.54, 1.807) is 20.8 Å². The van der Waals surface area contributed by atoms with Crippen LogP contribution in [0.25, 0.3) is 11.3 Å². The highest BCUT2D eigenvalue weighted by atomic mass is 32.2. The monoisotopic (exact) mass is 375 g/mol. The van der Waals surface area contributed by atoms with Crippen LogP contribution in [0.15, 0.2) is 30.3 Å². The molecule has 6 heteroatoms. The van der Waals surface area contributed by atoms with E-state index in [9.17, 15) is 8.42 Å². The van der Waals surface area contributed by atoms with Crippen LogP contribution in [0.5, 0.6) is 0 Å². The second kappa shape index (κ2) is 7.16. The minimum atomic E-state index is -3.29. The molecule has 0 aliphatic heterocycles. The number of nitrogens with one attached hydrogen (secondary N) is 2. The van der Waals surface area contributed by atoms with Crippen LogP contribution in [0.1, 0.15) is 63.6 Å². The average molecular weight is 376 g/mol. The smallest absolute Gasteiger partial charge is 0.216 e. The van der Waals surface area contributed by atoms with Crippen molar-refractivity contribution in [3.8, 4) is 11.3 Å². The van der Waals surface area contributed by atoms with E-state index in [1.807, 2.05) is 18.2 Å². The summed E-state index contributed by atoms with van der Waals surface area (Å²) in [6.07, 6.45) is 3.65. The third-order valence-electron chi connectivity index (χ3n) is 5.36. The van der Waals surface area contributed by atoms with Gasteiger partial charge in [0.05, 0.1) is 10.4 Å². The molecule has 0 spiro atoms. The topological polar surface area (TPSA) is 74.8 Å². The summed E-state index contributed by atoms with van der Waals surface area (Å²) < 4.78 is 26.8. The molecule has 5 nitrogen and oxygen atoms in total. The minimum absolute atomic E-state index is 0.0345. The fraction of sp³-hybridized carbons (Fsp3) is 0.550. The number of hydrogen-bond acceptors (Lipinski definition) is 3. The molecule has 3 rings (SSSR count). The number of rotatable bonds is 4. The van der Waals surface area contributed by atoms with Crippen molar-refractivity contribution in [2.75, 3.05) is 0 Å². The van der Waals surface area contributed by atoms with Gasteiger partial charge < -0.3 is 0 Å². The predicted molar refractivity (Wildman–Crippen MR) is 106 cm³/mol. The van der Waals surface area contributed by atoms with Crippen molar-refractivity contribution in [2.45, 2.75) is 70.1 Å². The average Bonchev–Trinajstić information content (AvgIpc) is 2.96. The van der Waals surface area contributed by atoms with Crippen LogP contribution >= 0.6 is 0 Å². The van der Waals surface area contributed by atoms with Crippen molar-refractivity contribution < 1.29 is 8.42 Å². The van der Waals surface area contributed by atoms with Crippen molar-refractivity contribution in [1.29, 1.82) is 0 Å². The lowest BCUT2D eigenvalue weighted by Crippen LogP contribution is -2.45. The summed E-state index contributed by atoms with van der Waals surface area (Å²) in [4.78, 5) is 0. The Morgan fingerprint density at radius 1 is 1.08 bits per heavy atom. The quantitative estimate of drug-likeness (QED) is 0.844. The number of nitrogens with zero attached hydrogens (tertiary/aromatic N) is 1. The standard InChI is InChI=1S/C20H29N3O2S/c1-14-18(15-8-6-5-7-9-15)21-22-19(14)16-10-12-17(13-11-16)23-26(24,25)20(2,3)4/h5-9,16-17,23H,10-13H2,1-4H3,(H,21,22). The Kier molecular flexibility index (Phi) is 5.26. The Balaban J connectivity index is 1.67. The van der Waals surface area contributed by atoms with Crippen LogP contribution in [0.2, 0.25) is 0 Å². The van der Waals surface area contributed by atoms with Gasteiger partial charge >= 0.3 is 0 Å². The predicted octanol–water partition coefficient (Wildman–Crippen LogP) is 4.13. The van der Waals surface area contributed by atoms with E-state index in [0.29, 0.717) is 5.92 Å². The highest BCUT2D eigenvalue weighted by Gasteiger charge is 2.33. The van der Waals surface area contributed by atoms with Gasteiger partial charge in [0.15, 0.2) is 0 Å². The molecule has 1 aliphatic carbocycles. The fourth-order valence-electron chi connectivity index (χ4n) is 3.58. The third kappa shape index (κ3) is 3.86. The number of benzene rings is 1. The van der Waals surface area contributed by atoms with Crippen molar-refractivity contribution in [3.63, 3.8) is 0 Å². The lowest BCUT2D eigenvalue weighted by atomic mass is 9.83. The van der Waals surface area contributed by atoms with Gasteiger partial charge in [0, 0.05) is 23.2 Å². The highest BCUT2D eigenvalue weighted by molar-refractivity contribution is 7.90. The highest BCUT2D eigenvalue weighted by Crippen LogP contribution is 2.36. The first kappa shape index (κ1) is 19.1. The second-order valence-electron chi connectivity index (χ2n) is 8.26. The zero-order valence-corrected chi connectivity index (χ0v) is 16.9. The molecule has 0 amide bonds. The maximum atomic E-state index is 12.4. The van der Waals surface area contributed by atoms with Crippen LogP contribution in [-0.4, -0.2) is 29.4 Å². The Bertz CT molecular complexity index is 843. The number of sulfonamides is 1. The summed E-state index contributed by atoms with van der Waals surface area (Å²) in [6.45, 7) is 7.33. The largest absolute Gasteiger partial charge is 0.281 e. The van der Waals surface area contributed by atoms with Gasteiger partial charge in [-0.15, -0.1) is 0 Å². The van der Waals surface area contributed by atoms with Crippen molar-refractivity contribution in [3.05, 3.63) is 41.6 Å². The number of aromatic amines is 1. The number of aromatic nitrogens is 2. The molecular weight excluding hydrogens is 346 g/mol. The van der Waals surface area contributed by atoms with Gasteiger partial charge in [-0.25, -0.2) is 13.1 Å². The van der Waals surface area contributed by atoms with Gasteiger partial charge in [0.1, 0.15) is 0 Å². The Morgan fingerprint density at radius 2 is 1.69 bits per heavy atom. The molecule has 1 aromatic heterocycles. The zero-order valence-electron chi connectivity index (χ0n) is 16.0. The Morgan fingerprint density at radius 3 is 2.27 bits per heavy atom. The summed E-state index contributed by atoms with van der Waals surface area (Å²) in [6, 6.07) is 10.2. The summed E-state index contributed by atoms with van der Waals surface area (Å²) in [5.74, 6) is 0.412. The van der Waals surface area contributed by atoms with Crippen LogP contribution < -0.4 is 4.72 Å². The summed E-state index contributed by atoms with van der Waals surface area (Å²) >= 11 is 0. The molecular formula is C20H29N3O2S. The van der Waals surface area contributed by atoms with Gasteiger partial charge in [-0.05, 0) is 58.9 Å². The van der Waals surface area contributed by atoms with Crippen LogP contribution in [0, 0.1) is 6.92 Å². The van der Waals surface area contributed by atoms with E-state index in [-0.39, 0.29) is 6.04 Å². The Labute approximate surface area is 156 Å². The van der Waals surface area contributed by atoms with Crippen LogP contribution in [0.4, 0.5) is 0 Å². The molecule has 0 atom stereocenters. The molecule has 2 N–H and O–H groups in total. The van der Waals surface area contributed by atoms with E-state index in [2.05, 4.69) is 34.0 Å².